The van der Waals surface area contributed by atoms with Gasteiger partial charge in [0, 0.05) is 29.6 Å². The zero-order valence-corrected chi connectivity index (χ0v) is 19.4. The number of imide groups is 1. The number of benzene rings is 2. The van der Waals surface area contributed by atoms with Crippen molar-refractivity contribution in [3.63, 3.8) is 0 Å². The Hall–Kier alpha value is -4.93. The number of methoxy groups -OCH3 is 1. The molecule has 3 aromatic heterocycles. The average Bonchev–Trinajstić information content (AvgIpc) is 3.52. The molecule has 0 unspecified atom stereocenters. The molecular weight excluding hydrogens is 462 g/mol. The van der Waals surface area contributed by atoms with Crippen molar-refractivity contribution in [1.82, 2.24) is 34.7 Å². The van der Waals surface area contributed by atoms with Crippen molar-refractivity contribution in [2.45, 2.75) is 12.1 Å². The van der Waals surface area contributed by atoms with Gasteiger partial charge in [0.15, 0.2) is 17.1 Å². The minimum Gasteiger partial charge on any atom is -0.497 e. The molecule has 2 aromatic carbocycles. The molecule has 0 spiro atoms. The molecule has 0 saturated carbocycles. The number of nitrogens with zero attached hydrogens (tertiary/aromatic N) is 5. The SMILES string of the molecule is COc1ccc2cn(C[C@@]3(c4ccc(-c5ncnc6c5ncn6C)cc4)NC(=O)NC3=O)c(O)c2c1. The lowest BCUT2D eigenvalue weighted by molar-refractivity contribution is -0.124. The van der Waals surface area contributed by atoms with Crippen molar-refractivity contribution >= 4 is 33.9 Å². The van der Waals surface area contributed by atoms with Gasteiger partial charge in [-0.15, -0.1) is 0 Å². The van der Waals surface area contributed by atoms with Crippen LogP contribution in [0.3, 0.4) is 0 Å². The van der Waals surface area contributed by atoms with Gasteiger partial charge < -0.3 is 24.3 Å². The highest BCUT2D eigenvalue weighted by Crippen LogP contribution is 2.35. The maximum absolute atomic E-state index is 13.1. The number of hydrogen-bond donors (Lipinski definition) is 3. The molecule has 0 bridgehead atoms. The van der Waals surface area contributed by atoms with Crippen molar-refractivity contribution in [2.75, 3.05) is 7.11 Å². The molecule has 11 nitrogen and oxygen atoms in total. The van der Waals surface area contributed by atoms with E-state index in [1.165, 1.54) is 6.33 Å². The Morgan fingerprint density at radius 3 is 2.61 bits per heavy atom. The third-order valence-electron chi connectivity index (χ3n) is 6.57. The Balaban J connectivity index is 1.42. The van der Waals surface area contributed by atoms with Crippen molar-refractivity contribution in [1.29, 1.82) is 0 Å². The normalized spacial score (nSPS) is 17.5. The molecule has 180 valence electrons. The number of carbonyl (C=O) groups excluding carboxylic acids is 2. The van der Waals surface area contributed by atoms with Crippen LogP contribution in [0, 0.1) is 0 Å². The molecule has 1 aliphatic rings. The molecule has 36 heavy (non-hydrogen) atoms. The average molecular weight is 483 g/mol. The molecule has 4 heterocycles. The van der Waals surface area contributed by atoms with E-state index < -0.39 is 17.5 Å². The number of imidazole rings is 1. The van der Waals surface area contributed by atoms with Gasteiger partial charge in [0.25, 0.3) is 5.91 Å². The molecule has 11 heteroatoms. The first-order valence-corrected chi connectivity index (χ1v) is 11.1. The Kier molecular flexibility index (Phi) is 4.68. The summed E-state index contributed by atoms with van der Waals surface area (Å²) in [7, 11) is 3.41. The van der Waals surface area contributed by atoms with Crippen LogP contribution in [-0.4, -0.2) is 48.2 Å². The quantitative estimate of drug-likeness (QED) is 0.327. The number of ether oxygens (including phenoxy) is 1. The maximum Gasteiger partial charge on any atom is 0.322 e. The second-order valence-electron chi connectivity index (χ2n) is 8.67. The van der Waals surface area contributed by atoms with Gasteiger partial charge in [0.1, 0.15) is 23.3 Å². The van der Waals surface area contributed by atoms with Gasteiger partial charge in [-0.25, -0.2) is 19.7 Å². The predicted octanol–water partition coefficient (Wildman–Crippen LogP) is 2.43. The van der Waals surface area contributed by atoms with Crippen molar-refractivity contribution in [3.8, 4) is 22.9 Å². The summed E-state index contributed by atoms with van der Waals surface area (Å²) in [4.78, 5) is 38.5. The van der Waals surface area contributed by atoms with Gasteiger partial charge in [-0.05, 0) is 23.8 Å². The molecule has 6 rings (SSSR count). The minimum atomic E-state index is -1.43. The third kappa shape index (κ3) is 3.17. The van der Waals surface area contributed by atoms with Gasteiger partial charge in [-0.1, -0.05) is 24.3 Å². The lowest BCUT2D eigenvalue weighted by atomic mass is 9.88. The van der Waals surface area contributed by atoms with E-state index in [9.17, 15) is 14.7 Å². The van der Waals surface area contributed by atoms with Crippen molar-refractivity contribution < 1.29 is 19.4 Å². The number of urea groups is 1. The fraction of sp³-hybridized carbons (Fsp3) is 0.160. The van der Waals surface area contributed by atoms with E-state index in [-0.39, 0.29) is 12.4 Å². The summed E-state index contributed by atoms with van der Waals surface area (Å²) in [5, 5.41) is 17.4. The van der Waals surface area contributed by atoms with E-state index in [1.54, 1.807) is 48.5 Å². The van der Waals surface area contributed by atoms with Crippen LogP contribution in [0.4, 0.5) is 4.79 Å². The highest BCUT2D eigenvalue weighted by Gasteiger charge is 2.48. The van der Waals surface area contributed by atoms with Gasteiger partial charge in [0.2, 0.25) is 0 Å². The zero-order chi connectivity index (χ0) is 25.0. The third-order valence-corrected chi connectivity index (χ3v) is 6.57. The highest BCUT2D eigenvalue weighted by atomic mass is 16.5. The molecule has 1 aliphatic heterocycles. The molecule has 3 amide bonds. The van der Waals surface area contributed by atoms with Gasteiger partial charge >= 0.3 is 6.03 Å². The largest absolute Gasteiger partial charge is 0.497 e. The fourth-order valence-electron chi connectivity index (χ4n) is 4.70. The van der Waals surface area contributed by atoms with Crippen LogP contribution in [0.25, 0.3) is 33.2 Å². The van der Waals surface area contributed by atoms with E-state index in [0.29, 0.717) is 33.6 Å². The van der Waals surface area contributed by atoms with Gasteiger partial charge in [0.05, 0.1) is 20.0 Å². The Morgan fingerprint density at radius 1 is 1.08 bits per heavy atom. The summed E-state index contributed by atoms with van der Waals surface area (Å²) in [5.41, 5.74) is 1.92. The van der Waals surface area contributed by atoms with Crippen LogP contribution < -0.4 is 15.4 Å². The summed E-state index contributed by atoms with van der Waals surface area (Å²) in [6, 6.07) is 11.9. The number of nitrogens with one attached hydrogen (secondary N) is 2. The molecule has 1 fully saturated rings. The second-order valence-corrected chi connectivity index (χ2v) is 8.67. The second kappa shape index (κ2) is 7.80. The molecule has 1 atom stereocenters. The van der Waals surface area contributed by atoms with E-state index in [4.69, 9.17) is 4.74 Å². The van der Waals surface area contributed by atoms with Crippen LogP contribution in [0.2, 0.25) is 0 Å². The molecule has 0 radical (unpaired) electrons. The van der Waals surface area contributed by atoms with Gasteiger partial charge in [-0.2, -0.15) is 0 Å². The first kappa shape index (κ1) is 21.6. The molecule has 3 N–H and O–H groups in total. The number of amides is 3. The number of aromatic hydroxyl groups is 1. The lowest BCUT2D eigenvalue weighted by Gasteiger charge is -2.27. The first-order chi connectivity index (χ1) is 17.4. The van der Waals surface area contributed by atoms with Gasteiger partial charge in [-0.3, -0.25) is 10.1 Å². The maximum atomic E-state index is 13.1. The number of fused-ring (bicyclic) bond motifs is 2. The summed E-state index contributed by atoms with van der Waals surface area (Å²) in [6.45, 7) is -0.0231. The number of rotatable bonds is 5. The van der Waals surface area contributed by atoms with Crippen LogP contribution in [-0.2, 0) is 23.9 Å². The Labute approximate surface area is 204 Å². The standard InChI is InChI=1S/C25H21N7O4/c1-31-13-28-20-19(26-12-27-21(20)31)14-3-6-16(7-4-14)25(23(34)29-24(35)30-25)11-32-10-15-5-8-17(36-2)9-18(15)22(32)33/h3-10,12-13,33H,11H2,1-2H3,(H2,29,30,34,35)/t25-/m0/s1. The first-order valence-electron chi connectivity index (χ1n) is 11.1. The zero-order valence-electron chi connectivity index (χ0n) is 19.4. The van der Waals surface area contributed by atoms with Crippen LogP contribution >= 0.6 is 0 Å². The number of hydrogen-bond acceptors (Lipinski definition) is 7. The monoisotopic (exact) mass is 483 g/mol. The molecule has 0 aliphatic carbocycles. The van der Waals surface area contributed by atoms with E-state index in [0.717, 1.165) is 10.9 Å². The minimum absolute atomic E-state index is 0.0231. The van der Waals surface area contributed by atoms with Crippen LogP contribution in [0.15, 0.2) is 61.3 Å². The van der Waals surface area contributed by atoms with E-state index in [1.807, 2.05) is 29.8 Å². The summed E-state index contributed by atoms with van der Waals surface area (Å²) < 4.78 is 8.62. The van der Waals surface area contributed by atoms with Crippen molar-refractivity contribution in [3.05, 3.63) is 66.9 Å². The Bertz CT molecular complexity index is 1670. The van der Waals surface area contributed by atoms with E-state index >= 15 is 0 Å². The Morgan fingerprint density at radius 2 is 1.89 bits per heavy atom. The molecule has 1 saturated heterocycles. The molecular formula is C25H21N7O4. The lowest BCUT2D eigenvalue weighted by Crippen LogP contribution is -2.47. The van der Waals surface area contributed by atoms with Crippen LogP contribution in [0.5, 0.6) is 11.6 Å². The number of aryl methyl sites for hydroxylation is 1. The van der Waals surface area contributed by atoms with Crippen molar-refractivity contribution in [2.24, 2.45) is 7.05 Å². The topological polar surface area (TPSA) is 136 Å². The number of aromatic nitrogens is 5. The highest BCUT2D eigenvalue weighted by molar-refractivity contribution is 6.07. The fourth-order valence-corrected chi connectivity index (χ4v) is 4.70. The number of carbonyl (C=O) groups is 2. The van der Waals surface area contributed by atoms with Crippen LogP contribution in [0.1, 0.15) is 5.56 Å². The summed E-state index contributed by atoms with van der Waals surface area (Å²) >= 11 is 0. The smallest absolute Gasteiger partial charge is 0.322 e. The summed E-state index contributed by atoms with van der Waals surface area (Å²) in [5.74, 6) is 0.0519. The summed E-state index contributed by atoms with van der Waals surface area (Å²) in [6.07, 6.45) is 4.89. The van der Waals surface area contributed by atoms with E-state index in [2.05, 4.69) is 25.6 Å². The predicted molar refractivity (Wildman–Crippen MR) is 130 cm³/mol. The molecule has 5 aromatic rings.